The number of thiazole rings is 1. The van der Waals surface area contributed by atoms with Crippen molar-refractivity contribution in [3.05, 3.63) is 41.0 Å². The molecule has 0 unspecified atom stereocenters. The number of aryl methyl sites for hydroxylation is 1. The summed E-state index contributed by atoms with van der Waals surface area (Å²) in [7, 11) is 0. The van der Waals surface area contributed by atoms with E-state index in [9.17, 15) is 19.5 Å². The van der Waals surface area contributed by atoms with E-state index >= 15 is 0 Å². The molecule has 1 aliphatic rings. The van der Waals surface area contributed by atoms with Crippen LogP contribution in [0.1, 0.15) is 96.2 Å². The molecule has 0 radical (unpaired) electrons. The van der Waals surface area contributed by atoms with Gasteiger partial charge in [-0.05, 0) is 42.9 Å². The maximum Gasteiger partial charge on any atom is 0.246 e. The molecule has 2 aromatic rings. The first-order valence-corrected chi connectivity index (χ1v) is 16.6. The number of nitrogens with one attached hydrogen (secondary N) is 2. The van der Waals surface area contributed by atoms with E-state index < -0.39 is 23.6 Å². The summed E-state index contributed by atoms with van der Waals surface area (Å²) < 4.78 is 0. The summed E-state index contributed by atoms with van der Waals surface area (Å²) in [6, 6.07) is 6.36. The third-order valence-electron chi connectivity index (χ3n) is 8.07. The fourth-order valence-corrected chi connectivity index (χ4v) is 6.32. The molecule has 1 fully saturated rings. The highest BCUT2D eigenvalue weighted by Gasteiger charge is 2.44. The van der Waals surface area contributed by atoms with Crippen molar-refractivity contribution in [3.63, 3.8) is 0 Å². The summed E-state index contributed by atoms with van der Waals surface area (Å²) in [5.74, 6) is -0.803. The Kier molecular flexibility index (Phi) is 13.6. The zero-order valence-corrected chi connectivity index (χ0v) is 27.2. The normalized spacial score (nSPS) is 17.6. The van der Waals surface area contributed by atoms with Crippen LogP contribution in [0.25, 0.3) is 10.4 Å². The lowest BCUT2D eigenvalue weighted by Crippen LogP contribution is -2.57. The Morgan fingerprint density at radius 1 is 1.05 bits per heavy atom. The second kappa shape index (κ2) is 16.9. The number of nitrogens with two attached hydrogens (primary N) is 1. The van der Waals surface area contributed by atoms with E-state index in [2.05, 4.69) is 15.6 Å². The molecule has 0 spiro atoms. The zero-order valence-electron chi connectivity index (χ0n) is 26.4. The predicted octanol–water partition coefficient (Wildman–Crippen LogP) is 4.70. The summed E-state index contributed by atoms with van der Waals surface area (Å²) in [5, 5.41) is 16.3. The highest BCUT2D eigenvalue weighted by molar-refractivity contribution is 7.13. The third-order valence-corrected chi connectivity index (χ3v) is 9.05. The molecule has 0 bridgehead atoms. The third kappa shape index (κ3) is 10.7. The SMILES string of the molecule is Cc1ncsc1-c1ccc(CNC(=O)[C@@H]2C[C@@H](O)CN2C(=O)[C@@H](NC(=O)CCCCCCCCCCN)C(C)(C)C)cc1. The molecule has 3 atom stereocenters. The molecule has 1 aromatic carbocycles. The van der Waals surface area contributed by atoms with Gasteiger partial charge < -0.3 is 26.4 Å². The number of unbranched alkanes of at least 4 members (excludes halogenated alkanes) is 7. The van der Waals surface area contributed by atoms with Crippen LogP contribution in [-0.4, -0.2) is 64.0 Å². The van der Waals surface area contributed by atoms with Crippen LogP contribution in [0.15, 0.2) is 29.8 Å². The molecule has 3 rings (SSSR count). The number of aliphatic hydroxyl groups is 1. The molecule has 5 N–H and O–H groups in total. The Hall–Kier alpha value is -2.82. The minimum atomic E-state index is -0.800. The first-order chi connectivity index (χ1) is 20.5. The number of carbonyl (C=O) groups is 3. The molecule has 3 amide bonds. The minimum absolute atomic E-state index is 0.0630. The zero-order chi connectivity index (χ0) is 31.4. The molecule has 0 aliphatic carbocycles. The standard InChI is InChI=1S/C33H51N5O4S/c1-23-29(43-22-36-23)25-16-14-24(15-17-25)20-35-31(41)27-19-26(39)21-38(27)32(42)30(33(2,3)4)37-28(40)13-11-9-7-5-6-8-10-12-18-34/h14-17,22,26-27,30,39H,5-13,18-21,34H2,1-4H3,(H,35,41)(H,37,40)/t26-,27+,30-/m1/s1. The van der Waals surface area contributed by atoms with Crippen molar-refractivity contribution in [3.8, 4) is 10.4 Å². The summed E-state index contributed by atoms with van der Waals surface area (Å²) in [6.07, 6.45) is 8.40. The van der Waals surface area contributed by atoms with Crippen LogP contribution in [0.5, 0.6) is 0 Å². The number of rotatable bonds is 16. The Bertz CT molecular complexity index is 1180. The molecular formula is C33H51N5O4S. The molecule has 1 aliphatic heterocycles. The van der Waals surface area contributed by atoms with Gasteiger partial charge in [0.1, 0.15) is 12.1 Å². The van der Waals surface area contributed by atoms with Crippen LogP contribution in [0.3, 0.4) is 0 Å². The number of aromatic nitrogens is 1. The lowest BCUT2D eigenvalue weighted by Gasteiger charge is -2.35. The molecule has 43 heavy (non-hydrogen) atoms. The first-order valence-electron chi connectivity index (χ1n) is 15.8. The maximum atomic E-state index is 13.8. The van der Waals surface area contributed by atoms with Crippen LogP contribution in [-0.2, 0) is 20.9 Å². The van der Waals surface area contributed by atoms with E-state index in [0.717, 1.165) is 60.3 Å². The van der Waals surface area contributed by atoms with Gasteiger partial charge in [0, 0.05) is 25.9 Å². The van der Waals surface area contributed by atoms with Crippen LogP contribution in [0.2, 0.25) is 0 Å². The number of hydrogen-bond donors (Lipinski definition) is 4. The highest BCUT2D eigenvalue weighted by atomic mass is 32.1. The molecule has 238 valence electrons. The second-order valence-corrected chi connectivity index (χ2v) is 13.7. The highest BCUT2D eigenvalue weighted by Crippen LogP contribution is 2.28. The van der Waals surface area contributed by atoms with Crippen molar-refractivity contribution >= 4 is 29.1 Å². The van der Waals surface area contributed by atoms with Gasteiger partial charge in [-0.2, -0.15) is 0 Å². The van der Waals surface area contributed by atoms with Crippen molar-refractivity contribution in [1.29, 1.82) is 0 Å². The van der Waals surface area contributed by atoms with Crippen LogP contribution >= 0.6 is 11.3 Å². The minimum Gasteiger partial charge on any atom is -0.391 e. The molecule has 10 heteroatoms. The quantitative estimate of drug-likeness (QED) is 0.203. The second-order valence-electron chi connectivity index (χ2n) is 12.8. The van der Waals surface area contributed by atoms with Crippen molar-refractivity contribution in [1.82, 2.24) is 20.5 Å². The largest absolute Gasteiger partial charge is 0.391 e. The number of benzene rings is 1. The maximum absolute atomic E-state index is 13.8. The fourth-order valence-electron chi connectivity index (χ4n) is 5.50. The number of hydrogen-bond acceptors (Lipinski definition) is 7. The number of β-amino-alcohol motifs (C(OH)–C–C–N with tert-alkyl or cyclic N) is 1. The van der Waals surface area contributed by atoms with Crippen molar-refractivity contribution < 1.29 is 19.5 Å². The number of nitrogens with zero attached hydrogens (tertiary/aromatic N) is 2. The Labute approximate surface area is 261 Å². The van der Waals surface area contributed by atoms with Gasteiger partial charge in [-0.25, -0.2) is 4.98 Å². The molecule has 9 nitrogen and oxygen atoms in total. The monoisotopic (exact) mass is 613 g/mol. The molecule has 0 saturated carbocycles. The lowest BCUT2D eigenvalue weighted by atomic mass is 9.85. The van der Waals surface area contributed by atoms with Gasteiger partial charge in [-0.3, -0.25) is 14.4 Å². The average molecular weight is 614 g/mol. The van der Waals surface area contributed by atoms with Gasteiger partial charge in [0.25, 0.3) is 0 Å². The van der Waals surface area contributed by atoms with E-state index in [4.69, 9.17) is 5.73 Å². The first kappa shape index (κ1) is 34.7. The van der Waals surface area contributed by atoms with Crippen molar-refractivity contribution in [2.24, 2.45) is 11.1 Å². The molecule has 1 saturated heterocycles. The van der Waals surface area contributed by atoms with Gasteiger partial charge >= 0.3 is 0 Å². The summed E-state index contributed by atoms with van der Waals surface area (Å²) in [6.45, 7) is 8.81. The fraction of sp³-hybridized carbons (Fsp3) is 0.636. The van der Waals surface area contributed by atoms with Crippen molar-refractivity contribution in [2.75, 3.05) is 13.1 Å². The topological polar surface area (TPSA) is 138 Å². The summed E-state index contributed by atoms with van der Waals surface area (Å²) in [5.41, 5.74) is 9.80. The van der Waals surface area contributed by atoms with Gasteiger partial charge in [0.05, 0.1) is 22.2 Å². The van der Waals surface area contributed by atoms with Crippen LogP contribution in [0.4, 0.5) is 0 Å². The predicted molar refractivity (Wildman–Crippen MR) is 172 cm³/mol. The molecule has 2 heterocycles. The van der Waals surface area contributed by atoms with E-state index in [1.165, 1.54) is 24.2 Å². The van der Waals surface area contributed by atoms with E-state index in [1.54, 1.807) is 11.3 Å². The number of aliphatic hydroxyl groups excluding tert-OH is 1. The Morgan fingerprint density at radius 2 is 1.67 bits per heavy atom. The lowest BCUT2D eigenvalue weighted by molar-refractivity contribution is -0.144. The van der Waals surface area contributed by atoms with Crippen molar-refractivity contribution in [2.45, 2.75) is 117 Å². The van der Waals surface area contributed by atoms with Crippen LogP contribution < -0.4 is 16.4 Å². The molecular weight excluding hydrogens is 562 g/mol. The number of amides is 3. The Morgan fingerprint density at radius 3 is 2.26 bits per heavy atom. The summed E-state index contributed by atoms with van der Waals surface area (Å²) in [4.78, 5) is 46.8. The smallest absolute Gasteiger partial charge is 0.246 e. The van der Waals surface area contributed by atoms with Gasteiger partial charge in [-0.1, -0.05) is 83.6 Å². The number of likely N-dealkylation sites (tertiary alicyclic amines) is 1. The van der Waals surface area contributed by atoms with Gasteiger partial charge in [0.15, 0.2) is 0 Å². The van der Waals surface area contributed by atoms with E-state index in [0.29, 0.717) is 13.0 Å². The Balaban J connectivity index is 1.52. The van der Waals surface area contributed by atoms with E-state index in [-0.39, 0.29) is 30.7 Å². The van der Waals surface area contributed by atoms with Gasteiger partial charge in [-0.15, -0.1) is 11.3 Å². The van der Waals surface area contributed by atoms with E-state index in [1.807, 2.05) is 57.5 Å². The number of carbonyl (C=O) groups excluding carboxylic acids is 3. The molecule has 1 aromatic heterocycles. The summed E-state index contributed by atoms with van der Waals surface area (Å²) >= 11 is 1.59. The average Bonchev–Trinajstić information content (AvgIpc) is 3.58. The van der Waals surface area contributed by atoms with Crippen LogP contribution in [0, 0.1) is 12.3 Å². The van der Waals surface area contributed by atoms with Gasteiger partial charge in [0.2, 0.25) is 17.7 Å².